The van der Waals surface area contributed by atoms with Crippen molar-refractivity contribution < 1.29 is 4.74 Å². The van der Waals surface area contributed by atoms with Crippen molar-refractivity contribution in [3.05, 3.63) is 70.8 Å². The highest BCUT2D eigenvalue weighted by Crippen LogP contribution is 2.17. The van der Waals surface area contributed by atoms with Gasteiger partial charge in [0.05, 0.1) is 0 Å². The Morgan fingerprint density at radius 2 is 1.71 bits per heavy atom. The molecule has 0 aliphatic rings. The van der Waals surface area contributed by atoms with Crippen LogP contribution in [0.15, 0.2) is 54.1 Å². The molecule has 0 atom stereocenters. The van der Waals surface area contributed by atoms with Gasteiger partial charge < -0.3 is 4.74 Å². The zero-order chi connectivity index (χ0) is 15.1. The number of aryl methyl sites for hydroxylation is 1. The van der Waals surface area contributed by atoms with Gasteiger partial charge in [-0.3, -0.25) is 0 Å². The maximum absolute atomic E-state index is 8.71. The van der Waals surface area contributed by atoms with Crippen molar-refractivity contribution in [3.63, 3.8) is 0 Å². The van der Waals surface area contributed by atoms with E-state index in [0.717, 1.165) is 16.9 Å². The molecule has 0 aromatic heterocycles. The molecule has 2 aromatic rings. The van der Waals surface area contributed by atoms with Crippen LogP contribution in [-0.4, -0.2) is 0 Å². The standard InChI is InChI=1S/C18H14N2O/c1-14-4-2-3-5-17(14)13-21-18-8-6-15(7-9-18)10-16(11-19)12-20/h2-10H,13H2,1H3. The molecule has 0 aliphatic heterocycles. The predicted octanol–water partition coefficient (Wildman–Crippen LogP) is 4.00. The molecule has 0 N–H and O–H groups in total. The zero-order valence-corrected chi connectivity index (χ0v) is 11.7. The Labute approximate surface area is 124 Å². The second-order valence-corrected chi connectivity index (χ2v) is 4.57. The Morgan fingerprint density at radius 3 is 2.33 bits per heavy atom. The third kappa shape index (κ3) is 3.96. The van der Waals surface area contributed by atoms with Gasteiger partial charge in [-0.2, -0.15) is 10.5 Å². The van der Waals surface area contributed by atoms with Crippen molar-refractivity contribution in [1.82, 2.24) is 0 Å². The quantitative estimate of drug-likeness (QED) is 0.792. The maximum Gasteiger partial charge on any atom is 0.130 e. The SMILES string of the molecule is Cc1ccccc1COc1ccc(C=C(C#N)C#N)cc1. The lowest BCUT2D eigenvalue weighted by Gasteiger charge is -2.08. The molecule has 0 radical (unpaired) electrons. The van der Waals surface area contributed by atoms with E-state index >= 15 is 0 Å². The Morgan fingerprint density at radius 1 is 1.05 bits per heavy atom. The number of nitrogens with zero attached hydrogens (tertiary/aromatic N) is 2. The Balaban J connectivity index is 2.04. The maximum atomic E-state index is 8.71. The van der Waals surface area contributed by atoms with Crippen LogP contribution in [0.1, 0.15) is 16.7 Å². The summed E-state index contributed by atoms with van der Waals surface area (Å²) in [5, 5.41) is 17.4. The zero-order valence-electron chi connectivity index (χ0n) is 11.7. The van der Waals surface area contributed by atoms with Gasteiger partial charge in [-0.1, -0.05) is 36.4 Å². The third-order valence-corrected chi connectivity index (χ3v) is 3.09. The van der Waals surface area contributed by atoms with E-state index in [1.165, 1.54) is 5.56 Å². The van der Waals surface area contributed by atoms with Gasteiger partial charge in [0.25, 0.3) is 0 Å². The average molecular weight is 274 g/mol. The molecule has 0 bridgehead atoms. The minimum atomic E-state index is 0.0866. The fourth-order valence-electron chi connectivity index (χ4n) is 1.85. The van der Waals surface area contributed by atoms with Gasteiger partial charge in [-0.15, -0.1) is 0 Å². The minimum Gasteiger partial charge on any atom is -0.489 e. The molecule has 3 heteroatoms. The van der Waals surface area contributed by atoms with Crippen LogP contribution in [0.5, 0.6) is 5.75 Å². The molecule has 102 valence electrons. The normalized spacial score (nSPS) is 9.29. The second-order valence-electron chi connectivity index (χ2n) is 4.57. The Bertz CT molecular complexity index is 715. The number of nitriles is 2. The monoisotopic (exact) mass is 274 g/mol. The first-order valence-corrected chi connectivity index (χ1v) is 6.52. The van der Waals surface area contributed by atoms with E-state index in [-0.39, 0.29) is 5.57 Å². The first-order chi connectivity index (χ1) is 10.2. The van der Waals surface area contributed by atoms with E-state index in [1.54, 1.807) is 6.08 Å². The predicted molar refractivity (Wildman–Crippen MR) is 81.2 cm³/mol. The minimum absolute atomic E-state index is 0.0866. The molecule has 21 heavy (non-hydrogen) atoms. The molecule has 0 heterocycles. The van der Waals surface area contributed by atoms with Gasteiger partial charge in [0.15, 0.2) is 0 Å². The van der Waals surface area contributed by atoms with Crippen LogP contribution in [0.25, 0.3) is 6.08 Å². The summed E-state index contributed by atoms with van der Waals surface area (Å²) in [5.74, 6) is 0.755. The van der Waals surface area contributed by atoms with E-state index in [4.69, 9.17) is 15.3 Å². The molecule has 0 fully saturated rings. The summed E-state index contributed by atoms with van der Waals surface area (Å²) in [5.41, 5.74) is 3.24. The van der Waals surface area contributed by atoms with Crippen molar-refractivity contribution >= 4 is 6.08 Å². The largest absolute Gasteiger partial charge is 0.489 e. The van der Waals surface area contributed by atoms with Crippen molar-refractivity contribution in [3.8, 4) is 17.9 Å². The van der Waals surface area contributed by atoms with Crippen LogP contribution in [0.2, 0.25) is 0 Å². The lowest BCUT2D eigenvalue weighted by Crippen LogP contribution is -1.97. The summed E-state index contributed by atoms with van der Waals surface area (Å²) in [6.07, 6.45) is 1.55. The van der Waals surface area contributed by atoms with Crippen molar-refractivity contribution in [2.45, 2.75) is 13.5 Å². The summed E-state index contributed by atoms with van der Waals surface area (Å²) < 4.78 is 5.73. The average Bonchev–Trinajstić information content (AvgIpc) is 2.53. The third-order valence-electron chi connectivity index (χ3n) is 3.09. The first-order valence-electron chi connectivity index (χ1n) is 6.52. The van der Waals surface area contributed by atoms with E-state index < -0.39 is 0 Å². The van der Waals surface area contributed by atoms with Crippen LogP contribution in [0.3, 0.4) is 0 Å². The summed E-state index contributed by atoms with van der Waals surface area (Å²) in [7, 11) is 0. The van der Waals surface area contributed by atoms with Gasteiger partial charge in [-0.05, 0) is 41.8 Å². The van der Waals surface area contributed by atoms with Gasteiger partial charge in [0.2, 0.25) is 0 Å². The summed E-state index contributed by atoms with van der Waals surface area (Å²) >= 11 is 0. The van der Waals surface area contributed by atoms with Crippen LogP contribution in [0, 0.1) is 29.6 Å². The fraction of sp³-hybridized carbons (Fsp3) is 0.111. The van der Waals surface area contributed by atoms with Crippen molar-refractivity contribution in [1.29, 1.82) is 10.5 Å². The molecular formula is C18H14N2O. The van der Waals surface area contributed by atoms with E-state index in [1.807, 2.05) is 54.6 Å². The molecule has 0 saturated carbocycles. The summed E-state index contributed by atoms with van der Waals surface area (Å²) in [6.45, 7) is 2.57. The highest BCUT2D eigenvalue weighted by atomic mass is 16.5. The van der Waals surface area contributed by atoms with Crippen LogP contribution < -0.4 is 4.74 Å². The number of benzene rings is 2. The number of rotatable bonds is 4. The molecule has 3 nitrogen and oxygen atoms in total. The highest BCUT2D eigenvalue weighted by molar-refractivity contribution is 5.62. The van der Waals surface area contributed by atoms with E-state index in [2.05, 4.69) is 13.0 Å². The lowest BCUT2D eigenvalue weighted by molar-refractivity contribution is 0.305. The van der Waals surface area contributed by atoms with Crippen molar-refractivity contribution in [2.24, 2.45) is 0 Å². The van der Waals surface area contributed by atoms with Gasteiger partial charge in [0, 0.05) is 0 Å². The molecule has 2 rings (SSSR count). The summed E-state index contributed by atoms with van der Waals surface area (Å²) in [6, 6.07) is 19.1. The summed E-state index contributed by atoms with van der Waals surface area (Å²) in [4.78, 5) is 0. The Kier molecular flexibility index (Phi) is 4.75. The molecular weight excluding hydrogens is 260 g/mol. The Hall–Kier alpha value is -3.04. The van der Waals surface area contributed by atoms with E-state index in [0.29, 0.717) is 6.61 Å². The van der Waals surface area contributed by atoms with Gasteiger partial charge >= 0.3 is 0 Å². The fourth-order valence-corrected chi connectivity index (χ4v) is 1.85. The number of allylic oxidation sites excluding steroid dienone is 1. The molecule has 0 unspecified atom stereocenters. The number of hydrogen-bond acceptors (Lipinski definition) is 3. The van der Waals surface area contributed by atoms with Crippen LogP contribution in [0.4, 0.5) is 0 Å². The van der Waals surface area contributed by atoms with Crippen molar-refractivity contribution in [2.75, 3.05) is 0 Å². The number of hydrogen-bond donors (Lipinski definition) is 0. The topological polar surface area (TPSA) is 56.8 Å². The molecule has 0 amide bonds. The molecule has 2 aromatic carbocycles. The van der Waals surface area contributed by atoms with Crippen LogP contribution >= 0.6 is 0 Å². The lowest BCUT2D eigenvalue weighted by atomic mass is 10.1. The van der Waals surface area contributed by atoms with E-state index in [9.17, 15) is 0 Å². The van der Waals surface area contributed by atoms with Gasteiger partial charge in [-0.25, -0.2) is 0 Å². The van der Waals surface area contributed by atoms with Crippen LogP contribution in [-0.2, 0) is 6.61 Å². The smallest absolute Gasteiger partial charge is 0.130 e. The molecule has 0 aliphatic carbocycles. The highest BCUT2D eigenvalue weighted by Gasteiger charge is 1.99. The molecule has 0 spiro atoms. The van der Waals surface area contributed by atoms with Gasteiger partial charge in [0.1, 0.15) is 30.1 Å². The first kappa shape index (κ1) is 14.4. The number of ether oxygens (including phenoxy) is 1. The molecule has 0 saturated heterocycles. The second kappa shape index (κ2) is 6.93.